The third-order valence-corrected chi connectivity index (χ3v) is 6.12. The van der Waals surface area contributed by atoms with Crippen LogP contribution in [0.3, 0.4) is 0 Å². The van der Waals surface area contributed by atoms with Crippen molar-refractivity contribution in [2.75, 3.05) is 50.8 Å². The number of imide groups is 1. The molecule has 2 aliphatic heterocycles. The standard InChI is InChI=1S/C25H28ClN3O3/c1-2-32-18-6-13-29-24(30)22(19-9-11-20(26)12-10-19)23(25(29)31)28-16-14-27(15-17-28)21-7-4-3-5-8-21/h3-5,7-12H,2,6,13-18H2,1H3. The van der Waals surface area contributed by atoms with E-state index >= 15 is 0 Å². The summed E-state index contributed by atoms with van der Waals surface area (Å²) in [6, 6.07) is 17.4. The normalized spacial score (nSPS) is 17.0. The van der Waals surface area contributed by atoms with Gasteiger partial charge in [-0.15, -0.1) is 0 Å². The molecule has 0 unspecified atom stereocenters. The number of ether oxygens (including phenoxy) is 1. The minimum Gasteiger partial charge on any atom is -0.382 e. The highest BCUT2D eigenvalue weighted by Gasteiger charge is 2.41. The molecule has 0 radical (unpaired) electrons. The number of halogens is 1. The van der Waals surface area contributed by atoms with E-state index in [2.05, 4.69) is 21.9 Å². The Labute approximate surface area is 194 Å². The van der Waals surface area contributed by atoms with Crippen LogP contribution >= 0.6 is 11.6 Å². The number of piperazine rings is 1. The molecule has 0 spiro atoms. The first-order valence-corrected chi connectivity index (χ1v) is 11.5. The van der Waals surface area contributed by atoms with E-state index in [0.29, 0.717) is 55.6 Å². The van der Waals surface area contributed by atoms with Crippen LogP contribution in [0.4, 0.5) is 5.69 Å². The van der Waals surface area contributed by atoms with Crippen molar-refractivity contribution in [3.05, 3.63) is 70.9 Å². The molecule has 1 saturated heterocycles. The Bertz CT molecular complexity index is 983. The monoisotopic (exact) mass is 453 g/mol. The van der Waals surface area contributed by atoms with Crippen molar-refractivity contribution < 1.29 is 14.3 Å². The minimum atomic E-state index is -0.241. The molecule has 6 nitrogen and oxygen atoms in total. The maximum absolute atomic E-state index is 13.4. The van der Waals surface area contributed by atoms with E-state index in [1.165, 1.54) is 10.6 Å². The SMILES string of the molecule is CCOCCCN1C(=O)C(c2ccc(Cl)cc2)=C(N2CCN(c3ccccc3)CC2)C1=O. The van der Waals surface area contributed by atoms with Crippen molar-refractivity contribution in [3.8, 4) is 0 Å². The van der Waals surface area contributed by atoms with Gasteiger partial charge in [-0.3, -0.25) is 14.5 Å². The summed E-state index contributed by atoms with van der Waals surface area (Å²) in [5, 5.41) is 0.595. The molecule has 1 fully saturated rings. The minimum absolute atomic E-state index is 0.218. The van der Waals surface area contributed by atoms with E-state index in [9.17, 15) is 9.59 Å². The maximum Gasteiger partial charge on any atom is 0.277 e. The first kappa shape index (κ1) is 22.4. The smallest absolute Gasteiger partial charge is 0.277 e. The van der Waals surface area contributed by atoms with Gasteiger partial charge in [0.25, 0.3) is 11.8 Å². The molecule has 0 aromatic heterocycles. The summed E-state index contributed by atoms with van der Waals surface area (Å²) in [5.41, 5.74) is 2.86. The fourth-order valence-electron chi connectivity index (χ4n) is 4.23. The molecule has 0 N–H and O–H groups in total. The number of carbonyl (C=O) groups is 2. The maximum atomic E-state index is 13.4. The van der Waals surface area contributed by atoms with Crippen LogP contribution in [-0.4, -0.2) is 67.6 Å². The van der Waals surface area contributed by atoms with Crippen molar-refractivity contribution in [1.82, 2.24) is 9.80 Å². The average Bonchev–Trinajstić information content (AvgIpc) is 3.07. The lowest BCUT2D eigenvalue weighted by Gasteiger charge is -2.37. The number of rotatable bonds is 8. The van der Waals surface area contributed by atoms with Crippen LogP contribution < -0.4 is 4.90 Å². The molecule has 4 rings (SSSR count). The molecule has 0 aliphatic carbocycles. The largest absolute Gasteiger partial charge is 0.382 e. The van der Waals surface area contributed by atoms with Gasteiger partial charge < -0.3 is 14.5 Å². The number of benzene rings is 2. The van der Waals surface area contributed by atoms with Gasteiger partial charge in [0, 0.05) is 56.6 Å². The molecular formula is C25H28ClN3O3. The van der Waals surface area contributed by atoms with Gasteiger partial charge in [0.1, 0.15) is 5.70 Å². The fourth-order valence-corrected chi connectivity index (χ4v) is 4.36. The van der Waals surface area contributed by atoms with E-state index in [0.717, 1.165) is 18.7 Å². The zero-order valence-electron chi connectivity index (χ0n) is 18.3. The molecule has 7 heteroatoms. The second-order valence-corrected chi connectivity index (χ2v) is 8.29. The Kier molecular flexibility index (Phi) is 7.12. The van der Waals surface area contributed by atoms with Gasteiger partial charge >= 0.3 is 0 Å². The molecular weight excluding hydrogens is 426 g/mol. The summed E-state index contributed by atoms with van der Waals surface area (Å²) in [6.45, 7) is 6.34. The Hall–Kier alpha value is -2.83. The molecule has 32 heavy (non-hydrogen) atoms. The highest BCUT2D eigenvalue weighted by molar-refractivity contribution is 6.36. The lowest BCUT2D eigenvalue weighted by atomic mass is 10.0. The molecule has 2 aromatic carbocycles. The van der Waals surface area contributed by atoms with Gasteiger partial charge in [0.05, 0.1) is 5.57 Å². The van der Waals surface area contributed by atoms with Crippen LogP contribution in [0.1, 0.15) is 18.9 Å². The summed E-state index contributed by atoms with van der Waals surface area (Å²) in [7, 11) is 0. The van der Waals surface area contributed by atoms with Crippen LogP contribution in [0.15, 0.2) is 60.3 Å². The fraction of sp³-hybridized carbons (Fsp3) is 0.360. The second kappa shape index (κ2) is 10.2. The van der Waals surface area contributed by atoms with Gasteiger partial charge in [-0.05, 0) is 43.2 Å². The summed E-state index contributed by atoms with van der Waals surface area (Å²) >= 11 is 6.06. The Balaban J connectivity index is 1.57. The zero-order valence-corrected chi connectivity index (χ0v) is 19.1. The van der Waals surface area contributed by atoms with E-state index in [1.54, 1.807) is 12.1 Å². The molecule has 2 amide bonds. The summed E-state index contributed by atoms with van der Waals surface area (Å²) in [5.74, 6) is -0.459. The van der Waals surface area contributed by atoms with E-state index in [4.69, 9.17) is 16.3 Å². The van der Waals surface area contributed by atoms with E-state index in [-0.39, 0.29) is 11.8 Å². The highest BCUT2D eigenvalue weighted by atomic mass is 35.5. The third kappa shape index (κ3) is 4.66. The van der Waals surface area contributed by atoms with Crippen molar-refractivity contribution in [2.24, 2.45) is 0 Å². The number of nitrogens with zero attached hydrogens (tertiary/aromatic N) is 3. The van der Waals surface area contributed by atoms with Gasteiger partial charge in [0.2, 0.25) is 0 Å². The lowest BCUT2D eigenvalue weighted by Crippen LogP contribution is -2.47. The second-order valence-electron chi connectivity index (χ2n) is 7.85. The van der Waals surface area contributed by atoms with Gasteiger partial charge in [-0.25, -0.2) is 0 Å². The Morgan fingerprint density at radius 1 is 0.875 bits per heavy atom. The molecule has 2 aromatic rings. The topological polar surface area (TPSA) is 53.1 Å². The summed E-state index contributed by atoms with van der Waals surface area (Å²) < 4.78 is 5.39. The van der Waals surface area contributed by atoms with E-state index in [1.807, 2.05) is 37.3 Å². The Morgan fingerprint density at radius 2 is 1.53 bits per heavy atom. The van der Waals surface area contributed by atoms with Crippen molar-refractivity contribution in [3.63, 3.8) is 0 Å². The number of amides is 2. The van der Waals surface area contributed by atoms with Gasteiger partial charge in [-0.1, -0.05) is 41.9 Å². The molecule has 2 aliphatic rings. The van der Waals surface area contributed by atoms with Crippen LogP contribution in [0.2, 0.25) is 5.02 Å². The van der Waals surface area contributed by atoms with Crippen molar-refractivity contribution >= 4 is 34.7 Å². The predicted octanol–water partition coefficient (Wildman–Crippen LogP) is 3.67. The number of hydrogen-bond donors (Lipinski definition) is 0. The van der Waals surface area contributed by atoms with Gasteiger partial charge in [0.15, 0.2) is 0 Å². The zero-order chi connectivity index (χ0) is 22.5. The van der Waals surface area contributed by atoms with E-state index < -0.39 is 0 Å². The Morgan fingerprint density at radius 3 is 2.19 bits per heavy atom. The first-order valence-electron chi connectivity index (χ1n) is 11.1. The summed E-state index contributed by atoms with van der Waals surface area (Å²) in [4.78, 5) is 32.5. The number of anilines is 1. The van der Waals surface area contributed by atoms with Crippen molar-refractivity contribution in [2.45, 2.75) is 13.3 Å². The number of carbonyl (C=O) groups excluding carboxylic acids is 2. The van der Waals surface area contributed by atoms with Crippen LogP contribution in [0.5, 0.6) is 0 Å². The van der Waals surface area contributed by atoms with Crippen LogP contribution in [0, 0.1) is 0 Å². The summed E-state index contributed by atoms with van der Waals surface area (Å²) in [6.07, 6.45) is 0.619. The molecule has 0 atom stereocenters. The highest BCUT2D eigenvalue weighted by Crippen LogP contribution is 2.33. The van der Waals surface area contributed by atoms with Gasteiger partial charge in [-0.2, -0.15) is 0 Å². The molecule has 0 bridgehead atoms. The quantitative estimate of drug-likeness (QED) is 0.451. The average molecular weight is 454 g/mol. The predicted molar refractivity (Wildman–Crippen MR) is 126 cm³/mol. The van der Waals surface area contributed by atoms with Crippen molar-refractivity contribution in [1.29, 1.82) is 0 Å². The molecule has 168 valence electrons. The van der Waals surface area contributed by atoms with Crippen LogP contribution in [0.25, 0.3) is 5.57 Å². The third-order valence-electron chi connectivity index (χ3n) is 5.87. The molecule has 0 saturated carbocycles. The first-order chi connectivity index (χ1) is 15.6. The number of para-hydroxylation sites is 1. The number of hydrogen-bond acceptors (Lipinski definition) is 5. The lowest BCUT2D eigenvalue weighted by molar-refractivity contribution is -0.137. The van der Waals surface area contributed by atoms with Crippen LogP contribution in [-0.2, 0) is 14.3 Å². The molecule has 2 heterocycles.